The molecular formula is C59H61ClI2N8O10. The third-order valence-electron chi connectivity index (χ3n) is 13.5. The lowest BCUT2D eigenvalue weighted by Gasteiger charge is -2.37. The fourth-order valence-electron chi connectivity index (χ4n) is 9.39. The summed E-state index contributed by atoms with van der Waals surface area (Å²) in [5.41, 5.74) is 15.0. The third kappa shape index (κ3) is 15.4. The second-order valence-electron chi connectivity index (χ2n) is 19.2. The van der Waals surface area contributed by atoms with E-state index in [1.165, 1.54) is 11.8 Å². The fraction of sp³-hybridized carbons (Fsp3) is 0.271. The highest BCUT2D eigenvalue weighted by atomic mass is 127. The minimum Gasteiger partial charge on any atom is -0.506 e. The zero-order chi connectivity index (χ0) is 57.5. The van der Waals surface area contributed by atoms with Gasteiger partial charge in [-0.2, -0.15) is 0 Å². The van der Waals surface area contributed by atoms with Crippen molar-refractivity contribution >= 4 is 98.1 Å². The van der Waals surface area contributed by atoms with Crippen LogP contribution in [0.3, 0.4) is 0 Å². The summed E-state index contributed by atoms with van der Waals surface area (Å²) in [6.45, 7) is 0.205. The number of nitrogens with zero attached hydrogens (tertiary/aromatic N) is 1. The summed E-state index contributed by atoms with van der Waals surface area (Å²) in [7, 11) is 0. The molecule has 0 aliphatic carbocycles. The molecule has 7 amide bonds. The summed E-state index contributed by atoms with van der Waals surface area (Å²) < 4.78 is 7.99. The predicted octanol–water partition coefficient (Wildman–Crippen LogP) is 4.52. The number of benzene rings is 6. The standard InChI is InChI=1S/C59H61ClI2N8O10/c1-35(66-55(76)46(63)30-37-23-25-41(26-24-37)80-59(39-16-7-3-8-17-39,40-18-9-4-10-19-40)42-20-11-12-21-43(42)60)54(75)68-47(31-36-14-5-2-6-15-36)56(77)65-33-51(72)67-48(32-38-28-44(61)52(73)45(62)29-38)58(79)70-27-13-22-50(70)57(78)69-49(34-71)53(64)74/h2-12,14-21,23-26,28-29,35,46-50,71,73H,13,22,27,30-34,63H2,1H3,(H2,64,74)(H,65,77)(H,66,76)(H,67,72)(H,68,75)(H,69,78)/t35-,46+,47+,48+,49+,50+/m1/s1. The van der Waals surface area contributed by atoms with E-state index in [0.29, 0.717) is 41.0 Å². The zero-order valence-corrected chi connectivity index (χ0v) is 48.5. The molecule has 18 nitrogen and oxygen atoms in total. The highest BCUT2D eigenvalue weighted by Gasteiger charge is 2.42. The maximum atomic E-state index is 14.3. The molecule has 1 heterocycles. The predicted molar refractivity (Wildman–Crippen MR) is 318 cm³/mol. The molecule has 6 aromatic rings. The number of aromatic hydroxyl groups is 1. The molecule has 0 spiro atoms. The van der Waals surface area contributed by atoms with Crippen molar-refractivity contribution in [1.29, 1.82) is 0 Å². The Morgan fingerprint density at radius 1 is 0.688 bits per heavy atom. The van der Waals surface area contributed by atoms with Gasteiger partial charge in [-0.1, -0.05) is 133 Å². The Labute approximate surface area is 495 Å². The smallest absolute Gasteiger partial charge is 0.246 e. The number of aliphatic hydroxyl groups is 1. The van der Waals surface area contributed by atoms with E-state index in [0.717, 1.165) is 16.7 Å². The van der Waals surface area contributed by atoms with Crippen molar-refractivity contribution in [2.24, 2.45) is 11.5 Å². The van der Waals surface area contributed by atoms with Gasteiger partial charge in [-0.3, -0.25) is 33.6 Å². The third-order valence-corrected chi connectivity index (χ3v) is 15.5. The number of aliphatic hydroxyl groups excluding tert-OH is 1. The maximum absolute atomic E-state index is 14.3. The molecule has 1 saturated heterocycles. The van der Waals surface area contributed by atoms with Gasteiger partial charge in [0.2, 0.25) is 41.4 Å². The number of hydrogen-bond donors (Lipinski definition) is 9. The molecule has 11 N–H and O–H groups in total. The molecule has 6 atom stereocenters. The topological polar surface area (TPSA) is 285 Å². The number of carbonyl (C=O) groups is 7. The molecule has 0 unspecified atom stereocenters. The van der Waals surface area contributed by atoms with Gasteiger partial charge in [-0.25, -0.2) is 0 Å². The molecule has 0 bridgehead atoms. The van der Waals surface area contributed by atoms with Gasteiger partial charge in [-0.05, 0) is 118 Å². The van der Waals surface area contributed by atoms with Gasteiger partial charge >= 0.3 is 0 Å². The Morgan fingerprint density at radius 2 is 1.25 bits per heavy atom. The Bertz CT molecular complexity index is 3100. The Balaban J connectivity index is 0.995. The van der Waals surface area contributed by atoms with Crippen LogP contribution in [0.1, 0.15) is 53.1 Å². The van der Waals surface area contributed by atoms with Gasteiger partial charge < -0.3 is 57.9 Å². The van der Waals surface area contributed by atoms with Gasteiger partial charge in [-0.15, -0.1) is 0 Å². The molecular weight excluding hydrogens is 1270 g/mol. The van der Waals surface area contributed by atoms with Gasteiger partial charge in [0, 0.05) is 41.1 Å². The van der Waals surface area contributed by atoms with Crippen LogP contribution in [0.2, 0.25) is 5.02 Å². The number of phenols is 1. The fourth-order valence-corrected chi connectivity index (χ4v) is 11.6. The minimum atomic E-state index is -1.38. The first kappa shape index (κ1) is 60.5. The second-order valence-corrected chi connectivity index (χ2v) is 21.9. The highest BCUT2D eigenvalue weighted by molar-refractivity contribution is 14.1. The normalized spacial score (nSPS) is 15.0. The molecule has 21 heteroatoms. The average molecular weight is 1330 g/mol. The van der Waals surface area contributed by atoms with Crippen LogP contribution in [0.5, 0.6) is 11.5 Å². The van der Waals surface area contributed by atoms with Gasteiger partial charge in [0.1, 0.15) is 41.7 Å². The Kier molecular flexibility index (Phi) is 21.4. The SMILES string of the molecule is C[C@@H](NC(=O)[C@@H](N)Cc1ccc(OC(c2ccccc2)(c2ccccc2)c2ccccc2Cl)cc1)C(=O)N[C@@H](Cc1ccccc1)C(=O)NCC(=O)N[C@@H](Cc1cc(I)c(O)c(I)c1)C(=O)N1CCC[C@H]1C(=O)N[C@@H](CO)C(N)=O. The van der Waals surface area contributed by atoms with E-state index in [-0.39, 0.29) is 38.0 Å². The number of ether oxygens (including phenoxy) is 1. The van der Waals surface area contributed by atoms with Crippen molar-refractivity contribution in [1.82, 2.24) is 31.5 Å². The van der Waals surface area contributed by atoms with Crippen LogP contribution in [-0.4, -0.2) is 112 Å². The second kappa shape index (κ2) is 28.3. The molecule has 7 rings (SSSR count). The van der Waals surface area contributed by atoms with E-state index < -0.39 is 96.4 Å². The van der Waals surface area contributed by atoms with Gasteiger partial charge in [0.05, 0.1) is 26.3 Å². The maximum Gasteiger partial charge on any atom is 0.246 e. The molecule has 6 aromatic carbocycles. The molecule has 1 aliphatic rings. The molecule has 80 heavy (non-hydrogen) atoms. The highest BCUT2D eigenvalue weighted by Crippen LogP contribution is 2.44. The van der Waals surface area contributed by atoms with Crippen LogP contribution in [-0.2, 0) is 58.4 Å². The monoisotopic (exact) mass is 1330 g/mol. The molecule has 418 valence electrons. The first-order valence-electron chi connectivity index (χ1n) is 25.7. The van der Waals surface area contributed by atoms with E-state index in [9.17, 15) is 43.8 Å². The first-order valence-corrected chi connectivity index (χ1v) is 28.2. The Hall–Kier alpha value is -7.12. The number of halogens is 3. The van der Waals surface area contributed by atoms with E-state index in [1.807, 2.05) is 142 Å². The Morgan fingerprint density at radius 3 is 1.84 bits per heavy atom. The number of nitrogens with two attached hydrogens (primary N) is 2. The largest absolute Gasteiger partial charge is 0.506 e. The summed E-state index contributed by atoms with van der Waals surface area (Å²) in [5, 5.41) is 33.5. The first-order chi connectivity index (χ1) is 38.4. The molecule has 0 aromatic heterocycles. The lowest BCUT2D eigenvalue weighted by Crippen LogP contribution is -2.58. The van der Waals surface area contributed by atoms with E-state index in [4.69, 9.17) is 27.8 Å². The van der Waals surface area contributed by atoms with Gasteiger partial charge in [0.15, 0.2) is 5.60 Å². The van der Waals surface area contributed by atoms with Crippen molar-refractivity contribution in [3.63, 3.8) is 0 Å². The summed E-state index contributed by atoms with van der Waals surface area (Å²) in [5.74, 6) is -4.60. The minimum absolute atomic E-state index is 0.000660. The molecule has 1 aliphatic heterocycles. The number of likely N-dealkylation sites (tertiary alicyclic amines) is 1. The molecule has 0 radical (unpaired) electrons. The van der Waals surface area contributed by atoms with Crippen LogP contribution in [0.15, 0.2) is 152 Å². The number of primary amides is 1. The number of rotatable bonds is 24. The number of nitrogens with one attached hydrogen (secondary N) is 5. The zero-order valence-electron chi connectivity index (χ0n) is 43.5. The lowest BCUT2D eigenvalue weighted by molar-refractivity contribution is -0.142. The van der Waals surface area contributed by atoms with Crippen LogP contribution in [0, 0.1) is 7.14 Å². The summed E-state index contributed by atoms with van der Waals surface area (Å²) >= 11 is 10.8. The molecule has 1 fully saturated rings. The van der Waals surface area contributed by atoms with E-state index in [2.05, 4.69) is 26.6 Å². The van der Waals surface area contributed by atoms with Crippen molar-refractivity contribution < 1.29 is 48.5 Å². The summed E-state index contributed by atoms with van der Waals surface area (Å²) in [6, 6.07) is 39.2. The quantitative estimate of drug-likeness (QED) is 0.0300. The van der Waals surface area contributed by atoms with Crippen LogP contribution >= 0.6 is 56.8 Å². The van der Waals surface area contributed by atoms with Crippen molar-refractivity contribution in [3.8, 4) is 11.5 Å². The molecule has 0 saturated carbocycles. The van der Waals surface area contributed by atoms with Crippen LogP contribution < -0.4 is 42.8 Å². The number of phenolic OH excluding ortho intramolecular Hbond substituents is 1. The van der Waals surface area contributed by atoms with Crippen LogP contribution in [0.4, 0.5) is 0 Å². The van der Waals surface area contributed by atoms with Crippen molar-refractivity contribution in [2.45, 2.75) is 80.9 Å². The number of amides is 7. The van der Waals surface area contributed by atoms with Crippen molar-refractivity contribution in [3.05, 3.63) is 197 Å². The van der Waals surface area contributed by atoms with Crippen molar-refractivity contribution in [2.75, 3.05) is 19.7 Å². The van der Waals surface area contributed by atoms with Gasteiger partial charge in [0.25, 0.3) is 0 Å². The lowest BCUT2D eigenvalue weighted by atomic mass is 9.80. The summed E-state index contributed by atoms with van der Waals surface area (Å²) in [4.78, 5) is 95.7. The van der Waals surface area contributed by atoms with Crippen LogP contribution in [0.25, 0.3) is 0 Å². The number of carbonyl (C=O) groups excluding carboxylic acids is 7. The number of hydrogen-bond acceptors (Lipinski definition) is 11. The summed E-state index contributed by atoms with van der Waals surface area (Å²) in [6.07, 6.45) is 0.678. The van der Waals surface area contributed by atoms with E-state index >= 15 is 0 Å². The average Bonchev–Trinajstić information content (AvgIpc) is 3.96. The van der Waals surface area contributed by atoms with E-state index in [1.54, 1.807) is 54.6 Å².